The van der Waals surface area contributed by atoms with Crippen molar-refractivity contribution in [3.63, 3.8) is 0 Å². The molecule has 1 aromatic carbocycles. The number of hydrogen-bond donors (Lipinski definition) is 3. The Morgan fingerprint density at radius 1 is 1.37 bits per heavy atom. The maximum atomic E-state index is 6.36. The molecule has 0 unspecified atom stereocenters. The van der Waals surface area contributed by atoms with Gasteiger partial charge in [-0.2, -0.15) is 0 Å². The van der Waals surface area contributed by atoms with Crippen molar-refractivity contribution in [3.8, 4) is 10.4 Å². The van der Waals surface area contributed by atoms with Gasteiger partial charge >= 0.3 is 0 Å². The highest BCUT2D eigenvalue weighted by atomic mass is 32.1. The summed E-state index contributed by atoms with van der Waals surface area (Å²) in [6.45, 7) is 9.69. The zero-order chi connectivity index (χ0) is 19.4. The highest BCUT2D eigenvalue weighted by Crippen LogP contribution is 2.42. The first kappa shape index (κ1) is 19.6. The van der Waals surface area contributed by atoms with E-state index in [-0.39, 0.29) is 5.54 Å². The maximum Gasteiger partial charge on any atom is 0.113 e. The number of anilines is 1. The van der Waals surface area contributed by atoms with Crippen LogP contribution in [0.5, 0.6) is 0 Å². The fourth-order valence-electron chi connectivity index (χ4n) is 3.04. The summed E-state index contributed by atoms with van der Waals surface area (Å²) in [5.74, 6) is 0.685. The van der Waals surface area contributed by atoms with E-state index in [1.165, 1.54) is 35.3 Å². The molecule has 6 heteroatoms. The molecule has 5 nitrogen and oxygen atoms in total. The Balaban J connectivity index is 0.000000299. The van der Waals surface area contributed by atoms with Crippen LogP contribution in [0.1, 0.15) is 42.7 Å². The third-order valence-corrected chi connectivity index (χ3v) is 6.30. The summed E-state index contributed by atoms with van der Waals surface area (Å²) in [6, 6.07) is 6.40. The monoisotopic (exact) mass is 383 g/mol. The minimum absolute atomic E-state index is 0.180. The maximum absolute atomic E-state index is 6.36. The molecule has 1 heterocycles. The molecule has 0 atom stereocenters. The van der Waals surface area contributed by atoms with Gasteiger partial charge in [-0.3, -0.25) is 4.99 Å². The molecule has 2 aliphatic rings. The van der Waals surface area contributed by atoms with Crippen molar-refractivity contribution in [2.75, 3.05) is 12.0 Å². The minimum Gasteiger partial charge on any atom is -0.402 e. The second-order valence-corrected chi connectivity index (χ2v) is 8.57. The molecular formula is C21H29N5S. The van der Waals surface area contributed by atoms with Crippen LogP contribution in [0.25, 0.3) is 10.4 Å². The number of hydrogen-bond acceptors (Lipinski definition) is 6. The van der Waals surface area contributed by atoms with Crippen LogP contribution >= 0.6 is 11.3 Å². The Morgan fingerprint density at radius 3 is 2.63 bits per heavy atom. The van der Waals surface area contributed by atoms with Gasteiger partial charge in [-0.05, 0) is 74.9 Å². The second-order valence-electron chi connectivity index (χ2n) is 7.53. The Hall–Kier alpha value is -2.18. The van der Waals surface area contributed by atoms with E-state index in [4.69, 9.17) is 11.5 Å². The van der Waals surface area contributed by atoms with Crippen molar-refractivity contribution in [2.45, 2.75) is 44.6 Å². The Bertz CT molecular complexity index is 818. The summed E-state index contributed by atoms with van der Waals surface area (Å²) in [5.41, 5.74) is 15.8. The molecule has 144 valence electrons. The summed E-state index contributed by atoms with van der Waals surface area (Å²) in [7, 11) is 0. The molecule has 0 radical (unpaired) electrons. The van der Waals surface area contributed by atoms with Crippen LogP contribution < -0.4 is 16.8 Å². The van der Waals surface area contributed by atoms with E-state index >= 15 is 0 Å². The lowest BCUT2D eigenvalue weighted by Crippen LogP contribution is -2.43. The molecule has 2 aliphatic carbocycles. The largest absolute Gasteiger partial charge is 0.402 e. The number of nitrogens with zero attached hydrogens (tertiary/aromatic N) is 2. The third kappa shape index (κ3) is 4.96. The first-order chi connectivity index (χ1) is 12.9. The molecule has 27 heavy (non-hydrogen) atoms. The number of aromatic nitrogens is 1. The molecule has 0 saturated heterocycles. The molecule has 0 spiro atoms. The Morgan fingerprint density at radius 2 is 2.11 bits per heavy atom. The van der Waals surface area contributed by atoms with Crippen molar-refractivity contribution >= 4 is 23.7 Å². The van der Waals surface area contributed by atoms with Gasteiger partial charge in [-0.25, -0.2) is 4.98 Å². The Labute approximate surface area is 165 Å². The van der Waals surface area contributed by atoms with Crippen LogP contribution in [0.4, 0.5) is 5.69 Å². The third-order valence-electron chi connectivity index (χ3n) is 5.04. The van der Waals surface area contributed by atoms with Gasteiger partial charge in [0.15, 0.2) is 0 Å². The Kier molecular flexibility index (Phi) is 5.97. The minimum atomic E-state index is -0.180. The molecule has 1 aromatic heterocycles. The molecule has 2 aromatic rings. The van der Waals surface area contributed by atoms with Gasteiger partial charge in [0, 0.05) is 17.6 Å². The van der Waals surface area contributed by atoms with E-state index < -0.39 is 0 Å². The molecule has 5 N–H and O–H groups in total. The molecular weight excluding hydrogens is 354 g/mol. The van der Waals surface area contributed by atoms with Gasteiger partial charge in [-0.1, -0.05) is 12.6 Å². The standard InChI is InChI=1S/C16H20N4S.C5H9N/c1-11-6-12(8-13(7-11)20-10-18-2)14-9-19-15(21-14)16(17)4-3-5-16;1-4(6)5-2-3-5/h6-9,20H,2-5,10,17H2,1H3;5H,1-3,6H2. The summed E-state index contributed by atoms with van der Waals surface area (Å²) >= 11 is 1.71. The highest BCUT2D eigenvalue weighted by molar-refractivity contribution is 7.15. The average molecular weight is 384 g/mol. The van der Waals surface area contributed by atoms with Crippen LogP contribution in [0.15, 0.2) is 41.7 Å². The highest BCUT2D eigenvalue weighted by Gasteiger charge is 2.37. The molecule has 2 saturated carbocycles. The number of benzene rings is 1. The van der Waals surface area contributed by atoms with Gasteiger partial charge in [0.05, 0.1) is 10.4 Å². The van der Waals surface area contributed by atoms with Gasteiger partial charge in [0.1, 0.15) is 11.7 Å². The quantitative estimate of drug-likeness (QED) is 0.645. The van der Waals surface area contributed by atoms with Crippen LogP contribution in [0.2, 0.25) is 0 Å². The van der Waals surface area contributed by atoms with Gasteiger partial charge in [-0.15, -0.1) is 11.3 Å². The summed E-state index contributed by atoms with van der Waals surface area (Å²) < 4.78 is 0. The predicted molar refractivity (Wildman–Crippen MR) is 116 cm³/mol. The van der Waals surface area contributed by atoms with Gasteiger partial charge in [0.2, 0.25) is 0 Å². The SMILES string of the molecule is C=C(N)C1CC1.C=NCNc1cc(C)cc(-c2cnc(C3(N)CCC3)s2)c1. The van der Waals surface area contributed by atoms with Crippen molar-refractivity contribution in [1.29, 1.82) is 0 Å². The topological polar surface area (TPSA) is 89.3 Å². The molecule has 0 amide bonds. The van der Waals surface area contributed by atoms with Crippen molar-refractivity contribution in [2.24, 2.45) is 22.4 Å². The summed E-state index contributed by atoms with van der Waals surface area (Å²) in [5, 5.41) is 4.30. The number of nitrogens with one attached hydrogen (secondary N) is 1. The molecule has 0 aliphatic heterocycles. The number of rotatable bonds is 6. The zero-order valence-electron chi connectivity index (χ0n) is 16.0. The number of thiazole rings is 1. The molecule has 0 bridgehead atoms. The summed E-state index contributed by atoms with van der Waals surface area (Å²) in [6.07, 6.45) is 7.79. The van der Waals surface area contributed by atoms with Crippen molar-refractivity contribution < 1.29 is 0 Å². The number of nitrogens with two attached hydrogens (primary N) is 2. The smallest absolute Gasteiger partial charge is 0.113 e. The van der Waals surface area contributed by atoms with Crippen molar-refractivity contribution in [3.05, 3.63) is 47.2 Å². The van der Waals surface area contributed by atoms with E-state index in [2.05, 4.69) is 53.7 Å². The fourth-order valence-corrected chi connectivity index (χ4v) is 4.10. The van der Waals surface area contributed by atoms with E-state index in [0.29, 0.717) is 12.6 Å². The van der Waals surface area contributed by atoms with E-state index in [0.717, 1.165) is 29.2 Å². The van der Waals surface area contributed by atoms with Crippen LogP contribution in [0, 0.1) is 12.8 Å². The van der Waals surface area contributed by atoms with Crippen LogP contribution in [0.3, 0.4) is 0 Å². The fraction of sp³-hybridized carbons (Fsp3) is 0.429. The van der Waals surface area contributed by atoms with Gasteiger partial charge < -0.3 is 16.8 Å². The zero-order valence-corrected chi connectivity index (χ0v) is 16.8. The lowest BCUT2D eigenvalue weighted by Gasteiger charge is -2.35. The van der Waals surface area contributed by atoms with E-state index in [1.54, 1.807) is 11.3 Å². The number of aliphatic imine (C=N–C) groups is 1. The van der Waals surface area contributed by atoms with E-state index in [1.807, 2.05) is 6.20 Å². The van der Waals surface area contributed by atoms with Crippen LogP contribution in [-0.2, 0) is 5.54 Å². The predicted octanol–water partition coefficient (Wildman–Crippen LogP) is 4.40. The average Bonchev–Trinajstić information content (AvgIpc) is 3.35. The number of aryl methyl sites for hydroxylation is 1. The molecule has 2 fully saturated rings. The van der Waals surface area contributed by atoms with Crippen molar-refractivity contribution in [1.82, 2.24) is 4.98 Å². The lowest BCUT2D eigenvalue weighted by atomic mass is 9.78. The second kappa shape index (κ2) is 8.23. The molecule has 4 rings (SSSR count). The first-order valence-electron chi connectivity index (χ1n) is 9.39. The lowest BCUT2D eigenvalue weighted by molar-refractivity contribution is 0.253. The normalized spacial score (nSPS) is 17.3. The van der Waals surface area contributed by atoms with Gasteiger partial charge in [0.25, 0.3) is 0 Å². The van der Waals surface area contributed by atoms with E-state index in [9.17, 15) is 0 Å². The number of allylic oxidation sites excluding steroid dienone is 1. The first-order valence-corrected chi connectivity index (χ1v) is 10.2. The summed E-state index contributed by atoms with van der Waals surface area (Å²) in [4.78, 5) is 9.55. The van der Waals surface area contributed by atoms with Crippen LogP contribution in [-0.4, -0.2) is 18.4 Å².